The number of hydrogen-bond acceptors (Lipinski definition) is 7. The van der Waals surface area contributed by atoms with Gasteiger partial charge in [0.25, 0.3) is 5.91 Å². The molecule has 2 aromatic rings. The average molecular weight is 620 g/mol. The van der Waals surface area contributed by atoms with Crippen molar-refractivity contribution in [2.45, 2.75) is 57.1 Å². The number of nitrogens with two attached hydrogens (primary N) is 1. The highest BCUT2D eigenvalue weighted by Gasteiger charge is 2.38. The molecule has 1 aromatic carbocycles. The van der Waals surface area contributed by atoms with Crippen LogP contribution in [-0.2, 0) is 21.2 Å². The highest BCUT2D eigenvalue weighted by molar-refractivity contribution is 7.93. The third kappa shape index (κ3) is 10.1. The minimum Gasteiger partial charge on any atom is -0.475 e. The molecule has 0 bridgehead atoms. The van der Waals surface area contributed by atoms with Crippen LogP contribution in [-0.4, -0.2) is 74.2 Å². The summed E-state index contributed by atoms with van der Waals surface area (Å²) in [6.07, 6.45) is -3.61. The van der Waals surface area contributed by atoms with Gasteiger partial charge in [-0.15, -0.1) is 0 Å². The first kappa shape index (κ1) is 34.7. The van der Waals surface area contributed by atoms with Crippen molar-refractivity contribution in [3.63, 3.8) is 0 Å². The van der Waals surface area contributed by atoms with E-state index in [9.17, 15) is 30.8 Å². The summed E-state index contributed by atoms with van der Waals surface area (Å²) in [5, 5.41) is 12.5. The van der Waals surface area contributed by atoms with Crippen LogP contribution in [0.1, 0.15) is 43.1 Å². The summed E-state index contributed by atoms with van der Waals surface area (Å²) in [7, 11) is -2.24. The lowest BCUT2D eigenvalue weighted by molar-refractivity contribution is -0.192. The molecule has 10 nitrogen and oxygen atoms in total. The van der Waals surface area contributed by atoms with E-state index in [-0.39, 0.29) is 11.4 Å². The molecule has 0 aliphatic heterocycles. The number of rotatable bonds is 12. The summed E-state index contributed by atoms with van der Waals surface area (Å²) in [5.41, 5.74) is 7.12. The maximum atomic E-state index is 13.5. The first-order valence-electron chi connectivity index (χ1n) is 13.2. The molecular weight excluding hydrogens is 582 g/mol. The van der Waals surface area contributed by atoms with E-state index in [1.807, 2.05) is 30.3 Å². The monoisotopic (exact) mass is 619 g/mol. The van der Waals surface area contributed by atoms with E-state index in [4.69, 9.17) is 15.6 Å². The summed E-state index contributed by atoms with van der Waals surface area (Å²) >= 11 is 0. The van der Waals surface area contributed by atoms with Crippen molar-refractivity contribution in [3.05, 3.63) is 53.6 Å². The molecule has 15 heteroatoms. The molecule has 42 heavy (non-hydrogen) atoms. The van der Waals surface area contributed by atoms with Crippen molar-refractivity contribution >= 4 is 33.5 Å². The van der Waals surface area contributed by atoms with Crippen LogP contribution >= 0.6 is 0 Å². The second-order valence-corrected chi connectivity index (χ2v) is 12.9. The second-order valence-electron chi connectivity index (χ2n) is 10.4. The Labute approximate surface area is 242 Å². The lowest BCUT2D eigenvalue weighted by Gasteiger charge is -2.25. The van der Waals surface area contributed by atoms with E-state index in [0.29, 0.717) is 30.6 Å². The number of anilines is 2. The van der Waals surface area contributed by atoms with Crippen LogP contribution in [0.15, 0.2) is 42.5 Å². The quantitative estimate of drug-likeness (QED) is 0.263. The third-order valence-electron chi connectivity index (χ3n) is 6.75. The number of amides is 1. The molecule has 1 amide bonds. The number of sulfonamides is 1. The number of carboxylic acids is 1. The number of aromatic nitrogens is 1. The van der Waals surface area contributed by atoms with Gasteiger partial charge in [0.15, 0.2) is 0 Å². The van der Waals surface area contributed by atoms with E-state index in [2.05, 4.69) is 22.5 Å². The van der Waals surface area contributed by atoms with Gasteiger partial charge in [-0.3, -0.25) is 9.10 Å². The van der Waals surface area contributed by atoms with Crippen molar-refractivity contribution in [2.24, 2.45) is 17.6 Å². The minimum atomic E-state index is -5.08. The molecule has 5 N–H and O–H groups in total. The lowest BCUT2D eigenvalue weighted by atomic mass is 10.00. The molecule has 1 heterocycles. The number of carboxylic acid groups (broad SMARTS) is 1. The minimum absolute atomic E-state index is 0.132. The summed E-state index contributed by atoms with van der Waals surface area (Å²) < 4.78 is 71.8. The highest BCUT2D eigenvalue weighted by Crippen LogP contribution is 2.37. The Balaban J connectivity index is 0.000000782. The summed E-state index contributed by atoms with van der Waals surface area (Å²) in [4.78, 5) is 26.6. The normalized spacial score (nSPS) is 17.9. The predicted molar refractivity (Wildman–Crippen MR) is 151 cm³/mol. The molecule has 1 fully saturated rings. The number of pyridine rings is 1. The zero-order valence-electron chi connectivity index (χ0n) is 23.7. The molecule has 0 radical (unpaired) electrons. The maximum absolute atomic E-state index is 13.5. The van der Waals surface area contributed by atoms with Gasteiger partial charge in [-0.2, -0.15) is 13.2 Å². The van der Waals surface area contributed by atoms with Crippen LogP contribution in [0.25, 0.3) is 0 Å². The fourth-order valence-corrected chi connectivity index (χ4v) is 4.79. The van der Waals surface area contributed by atoms with E-state index in [0.717, 1.165) is 16.3 Å². The van der Waals surface area contributed by atoms with E-state index in [1.54, 1.807) is 19.9 Å². The van der Waals surface area contributed by atoms with Crippen LogP contribution < -0.4 is 20.7 Å². The predicted octanol–water partition coefficient (Wildman–Crippen LogP) is 3.60. The van der Waals surface area contributed by atoms with Gasteiger partial charge in [0.1, 0.15) is 18.3 Å². The molecule has 1 aliphatic rings. The highest BCUT2D eigenvalue weighted by atomic mass is 32.2. The van der Waals surface area contributed by atoms with Crippen LogP contribution in [0, 0.1) is 11.8 Å². The number of nitrogens with zero attached hydrogens (tertiary/aromatic N) is 2. The number of benzene rings is 1. The smallest absolute Gasteiger partial charge is 0.475 e. The third-order valence-corrected chi connectivity index (χ3v) is 8.89. The number of alkyl halides is 4. The molecule has 1 aliphatic carbocycles. The van der Waals surface area contributed by atoms with Crippen LogP contribution in [0.5, 0.6) is 0 Å². The molecule has 1 saturated carbocycles. The van der Waals surface area contributed by atoms with E-state index in [1.165, 1.54) is 13.1 Å². The Morgan fingerprint density at radius 3 is 2.24 bits per heavy atom. The Morgan fingerprint density at radius 1 is 1.19 bits per heavy atom. The standard InChI is InChI=1S/C25H36FN5O3S.C2HF3O2/c1-16(2)35(33,34)31(4)24-13-19(12-23(30-24)28-15-20-10-17(20)3)25(32)29-22(21(27)14-26)11-18-8-6-5-7-9-18;3-2(4,5)1(6)7/h5-9,12-13,16-17,20-22H,10-11,14-15,27H2,1-4H3,(H,28,30)(H,29,32);(H,6,7). The molecule has 1 aromatic heterocycles. The average Bonchev–Trinajstić information content (AvgIpc) is 3.65. The topological polar surface area (TPSA) is 155 Å². The molecule has 4 atom stereocenters. The maximum Gasteiger partial charge on any atom is 0.490 e. The van der Waals surface area contributed by atoms with E-state index >= 15 is 0 Å². The molecular formula is C27H37F4N5O5S. The number of halogens is 4. The van der Waals surface area contributed by atoms with Crippen LogP contribution in [0.2, 0.25) is 0 Å². The summed E-state index contributed by atoms with van der Waals surface area (Å²) in [5.74, 6) is -1.55. The molecule has 3 rings (SSSR count). The largest absolute Gasteiger partial charge is 0.490 e. The second kappa shape index (κ2) is 14.6. The molecule has 234 valence electrons. The summed E-state index contributed by atoms with van der Waals surface area (Å²) in [6.45, 7) is 5.23. The van der Waals surface area contributed by atoms with Crippen molar-refractivity contribution < 1.29 is 40.7 Å². The zero-order valence-corrected chi connectivity index (χ0v) is 24.5. The van der Waals surface area contributed by atoms with Gasteiger partial charge < -0.3 is 21.5 Å². The Morgan fingerprint density at radius 2 is 1.76 bits per heavy atom. The van der Waals surface area contributed by atoms with Crippen molar-refractivity contribution in [2.75, 3.05) is 29.9 Å². The van der Waals surface area contributed by atoms with E-state index < -0.39 is 52.1 Å². The number of hydrogen-bond donors (Lipinski definition) is 4. The van der Waals surface area contributed by atoms with Gasteiger partial charge in [0.05, 0.1) is 17.3 Å². The first-order valence-corrected chi connectivity index (χ1v) is 14.7. The fourth-order valence-electron chi connectivity index (χ4n) is 3.80. The number of carbonyl (C=O) groups excluding carboxylic acids is 1. The lowest BCUT2D eigenvalue weighted by Crippen LogP contribution is -2.50. The molecule has 0 spiro atoms. The number of aliphatic carboxylic acids is 1. The first-order chi connectivity index (χ1) is 19.5. The van der Waals surface area contributed by atoms with Crippen molar-refractivity contribution in [3.8, 4) is 0 Å². The van der Waals surface area contributed by atoms with Gasteiger partial charge in [-0.1, -0.05) is 37.3 Å². The number of nitrogens with one attached hydrogen (secondary N) is 2. The Kier molecular flexibility index (Phi) is 12.1. The fraction of sp³-hybridized carbons (Fsp3) is 0.519. The zero-order chi connectivity index (χ0) is 31.8. The van der Waals surface area contributed by atoms with Gasteiger partial charge >= 0.3 is 12.1 Å². The van der Waals surface area contributed by atoms with Crippen LogP contribution in [0.3, 0.4) is 0 Å². The Bertz CT molecular complexity index is 1310. The van der Waals surface area contributed by atoms with Crippen molar-refractivity contribution in [1.29, 1.82) is 0 Å². The van der Waals surface area contributed by atoms with Gasteiger partial charge in [0.2, 0.25) is 10.0 Å². The van der Waals surface area contributed by atoms with Crippen molar-refractivity contribution in [1.82, 2.24) is 10.3 Å². The Hall–Kier alpha value is -3.46. The summed E-state index contributed by atoms with van der Waals surface area (Å²) in [6, 6.07) is 10.9. The van der Waals surface area contributed by atoms with Gasteiger partial charge in [-0.05, 0) is 56.2 Å². The van der Waals surface area contributed by atoms with Gasteiger partial charge in [0, 0.05) is 19.2 Å². The van der Waals surface area contributed by atoms with Gasteiger partial charge in [-0.25, -0.2) is 22.6 Å². The molecule has 0 saturated heterocycles. The molecule has 4 unspecified atom stereocenters. The van der Waals surface area contributed by atoms with Crippen LogP contribution in [0.4, 0.5) is 29.2 Å². The SMILES string of the molecule is CC1CC1CNc1cc(C(=O)NC(Cc2ccccc2)C(N)CF)cc(N(C)S(=O)(=O)C(C)C)n1.O=C(O)C(F)(F)F. The number of carbonyl (C=O) groups is 2.